The maximum Gasteiger partial charge on any atom is 0.434 e. The predicted molar refractivity (Wildman–Crippen MR) is 87.8 cm³/mol. The van der Waals surface area contributed by atoms with E-state index in [1.165, 1.54) is 13.0 Å². The number of allylic oxidation sites excluding steroid dienone is 1. The van der Waals surface area contributed by atoms with E-state index in [1.54, 1.807) is 0 Å². The van der Waals surface area contributed by atoms with Gasteiger partial charge in [-0.05, 0) is 18.6 Å². The van der Waals surface area contributed by atoms with E-state index in [0.717, 1.165) is 18.3 Å². The van der Waals surface area contributed by atoms with Crippen LogP contribution in [-0.2, 0) is 15.7 Å². The number of hydrogen-bond acceptors (Lipinski definition) is 5. The van der Waals surface area contributed by atoms with Crippen LogP contribution in [0.3, 0.4) is 0 Å². The number of alkyl halides is 6. The Morgan fingerprint density at radius 2 is 1.79 bits per heavy atom. The van der Waals surface area contributed by atoms with Crippen LogP contribution in [0.4, 0.5) is 26.3 Å². The van der Waals surface area contributed by atoms with Crippen LogP contribution in [0.2, 0.25) is 0 Å². The highest BCUT2D eigenvalue weighted by molar-refractivity contribution is 6.06. The lowest BCUT2D eigenvalue weighted by atomic mass is 9.79. The number of esters is 1. The molecule has 1 atom stereocenters. The summed E-state index contributed by atoms with van der Waals surface area (Å²) in [5.74, 6) is -4.08. The van der Waals surface area contributed by atoms with Crippen molar-refractivity contribution in [1.82, 2.24) is 0 Å². The highest BCUT2D eigenvalue weighted by Crippen LogP contribution is 2.46. The fraction of sp³-hybridized carbons (Fsp3) is 0.294. The number of halogens is 6. The molecule has 1 aromatic carbocycles. The molecular weight excluding hydrogens is 392 g/mol. The third kappa shape index (κ3) is 3.97. The average Bonchev–Trinajstić information content (AvgIpc) is 2.59. The van der Waals surface area contributed by atoms with Crippen molar-refractivity contribution in [2.45, 2.75) is 25.2 Å². The van der Waals surface area contributed by atoms with Crippen LogP contribution >= 0.6 is 0 Å². The van der Waals surface area contributed by atoms with E-state index in [4.69, 9.17) is 11.5 Å². The summed E-state index contributed by atoms with van der Waals surface area (Å²) >= 11 is 0. The van der Waals surface area contributed by atoms with E-state index in [2.05, 4.69) is 9.73 Å². The molecule has 2 rings (SSSR count). The van der Waals surface area contributed by atoms with Crippen LogP contribution in [0.5, 0.6) is 0 Å². The lowest BCUT2D eigenvalue weighted by Crippen LogP contribution is -2.34. The van der Waals surface area contributed by atoms with Crippen molar-refractivity contribution in [3.8, 4) is 0 Å². The third-order valence-corrected chi connectivity index (χ3v) is 3.90. The molecule has 0 aromatic heterocycles. The minimum absolute atomic E-state index is 0.304. The highest BCUT2D eigenvalue weighted by Gasteiger charge is 2.47. The molecule has 0 spiro atoms. The number of carbonyl (C=O) groups is 1. The lowest BCUT2D eigenvalue weighted by Gasteiger charge is -2.30. The molecule has 1 aromatic rings. The first-order valence-corrected chi connectivity index (χ1v) is 7.84. The zero-order valence-corrected chi connectivity index (χ0v) is 14.4. The lowest BCUT2D eigenvalue weighted by molar-refractivity contribution is -0.141. The first kappa shape index (κ1) is 21.3. The van der Waals surface area contributed by atoms with Gasteiger partial charge in [0, 0.05) is 17.7 Å². The molecule has 152 valence electrons. The van der Waals surface area contributed by atoms with Crippen LogP contribution in [0.25, 0.3) is 0 Å². The Morgan fingerprint density at radius 1 is 1.18 bits per heavy atom. The molecule has 0 amide bonds. The Bertz CT molecular complexity index is 868. The molecule has 0 saturated carbocycles. The first-order chi connectivity index (χ1) is 12.9. The molecule has 11 heteroatoms. The van der Waals surface area contributed by atoms with E-state index < -0.39 is 52.5 Å². The zero-order chi connectivity index (χ0) is 21.3. The van der Waals surface area contributed by atoms with Gasteiger partial charge in [0.2, 0.25) is 0 Å². The van der Waals surface area contributed by atoms with Gasteiger partial charge >= 0.3 is 18.3 Å². The molecule has 0 saturated heterocycles. The first-order valence-electron chi connectivity index (χ1n) is 7.84. The van der Waals surface area contributed by atoms with Crippen LogP contribution in [0.1, 0.15) is 24.0 Å². The van der Waals surface area contributed by atoms with Crippen molar-refractivity contribution in [1.29, 1.82) is 0 Å². The number of carbonyl (C=O) groups excluding carboxylic acids is 1. The number of rotatable bonds is 3. The molecule has 0 fully saturated rings. The number of ether oxygens (including phenoxy) is 1. The Kier molecular flexibility index (Phi) is 5.76. The molecular formula is C17H15F6N3O2. The van der Waals surface area contributed by atoms with Gasteiger partial charge in [0.05, 0.1) is 17.7 Å². The smallest absolute Gasteiger partial charge is 0.434 e. The van der Waals surface area contributed by atoms with Crippen LogP contribution in [0.15, 0.2) is 52.3 Å². The van der Waals surface area contributed by atoms with Gasteiger partial charge in [-0.1, -0.05) is 18.2 Å². The number of amidine groups is 1. The number of nitrogens with zero attached hydrogens (tertiary/aromatic N) is 1. The standard InChI is InChI=1S/C17H15F6N3O2/c1-2-28-15(27)12-11(8-5-3-4-6-10(8)16(18,19)20)9(7-24)14(25)26-13(12)17(21,22)23/h3-7,11H,2,24H2,1H3,(H2,25,26)/b9-7-. The van der Waals surface area contributed by atoms with Crippen molar-refractivity contribution < 1.29 is 35.9 Å². The predicted octanol–water partition coefficient (Wildman–Crippen LogP) is 3.38. The monoisotopic (exact) mass is 407 g/mol. The molecule has 5 nitrogen and oxygen atoms in total. The molecule has 0 bridgehead atoms. The van der Waals surface area contributed by atoms with Gasteiger partial charge in [0.15, 0.2) is 5.70 Å². The van der Waals surface area contributed by atoms with E-state index in [0.29, 0.717) is 6.07 Å². The fourth-order valence-corrected chi connectivity index (χ4v) is 2.84. The maximum absolute atomic E-state index is 13.5. The molecule has 28 heavy (non-hydrogen) atoms. The Hall–Kier alpha value is -2.98. The van der Waals surface area contributed by atoms with Gasteiger partial charge in [-0.25, -0.2) is 9.79 Å². The topological polar surface area (TPSA) is 90.7 Å². The summed E-state index contributed by atoms with van der Waals surface area (Å²) in [7, 11) is 0. The molecule has 0 radical (unpaired) electrons. The molecule has 1 heterocycles. The summed E-state index contributed by atoms with van der Waals surface area (Å²) in [5, 5.41) is 0. The van der Waals surface area contributed by atoms with Gasteiger partial charge in [-0.2, -0.15) is 26.3 Å². The van der Waals surface area contributed by atoms with Crippen molar-refractivity contribution >= 4 is 11.8 Å². The second kappa shape index (κ2) is 7.56. The summed E-state index contributed by atoms with van der Waals surface area (Å²) in [4.78, 5) is 15.5. The van der Waals surface area contributed by atoms with Gasteiger partial charge < -0.3 is 16.2 Å². The van der Waals surface area contributed by atoms with Gasteiger partial charge in [-0.3, -0.25) is 0 Å². The molecule has 1 aliphatic heterocycles. The number of aliphatic imine (C=N–C) groups is 1. The van der Waals surface area contributed by atoms with Crippen molar-refractivity contribution in [2.75, 3.05) is 6.61 Å². The quantitative estimate of drug-likeness (QED) is 0.594. The summed E-state index contributed by atoms with van der Waals surface area (Å²) in [5.41, 5.74) is 5.87. The highest BCUT2D eigenvalue weighted by atomic mass is 19.4. The Morgan fingerprint density at radius 3 is 2.29 bits per heavy atom. The molecule has 1 unspecified atom stereocenters. The zero-order valence-electron chi connectivity index (χ0n) is 14.4. The van der Waals surface area contributed by atoms with Crippen LogP contribution < -0.4 is 11.5 Å². The van der Waals surface area contributed by atoms with Crippen LogP contribution in [0, 0.1) is 0 Å². The maximum atomic E-state index is 13.5. The minimum Gasteiger partial charge on any atom is -0.463 e. The SMILES string of the molecule is CCOC(=O)C1=C(C(F)(F)F)N=C(N)/C(=C\N)C1c1ccccc1C(F)(F)F. The third-order valence-electron chi connectivity index (χ3n) is 3.90. The van der Waals surface area contributed by atoms with Crippen molar-refractivity contribution in [2.24, 2.45) is 16.5 Å². The number of hydrogen-bond donors (Lipinski definition) is 2. The summed E-state index contributed by atoms with van der Waals surface area (Å²) in [6.07, 6.45) is -9.35. The van der Waals surface area contributed by atoms with E-state index in [-0.39, 0.29) is 12.2 Å². The van der Waals surface area contributed by atoms with Gasteiger partial charge in [0.25, 0.3) is 0 Å². The fourth-order valence-electron chi connectivity index (χ4n) is 2.84. The second-order valence-corrected chi connectivity index (χ2v) is 5.62. The van der Waals surface area contributed by atoms with Crippen molar-refractivity contribution in [3.63, 3.8) is 0 Å². The number of benzene rings is 1. The van der Waals surface area contributed by atoms with E-state index in [1.807, 2.05) is 0 Å². The van der Waals surface area contributed by atoms with E-state index >= 15 is 0 Å². The van der Waals surface area contributed by atoms with Crippen molar-refractivity contribution in [3.05, 3.63) is 58.4 Å². The van der Waals surface area contributed by atoms with E-state index in [9.17, 15) is 31.1 Å². The average molecular weight is 407 g/mol. The normalized spacial score (nSPS) is 19.6. The van der Waals surface area contributed by atoms with Gasteiger partial charge in [-0.15, -0.1) is 0 Å². The van der Waals surface area contributed by atoms with Gasteiger partial charge in [0.1, 0.15) is 5.84 Å². The molecule has 4 N–H and O–H groups in total. The number of nitrogens with two attached hydrogens (primary N) is 2. The largest absolute Gasteiger partial charge is 0.463 e. The Labute approximate surface area is 155 Å². The Balaban J connectivity index is 2.91. The summed E-state index contributed by atoms with van der Waals surface area (Å²) in [6.45, 7) is 1.03. The minimum atomic E-state index is -5.17. The summed E-state index contributed by atoms with van der Waals surface area (Å²) in [6, 6.07) is 3.89. The second-order valence-electron chi connectivity index (χ2n) is 5.62. The molecule has 0 aliphatic carbocycles. The van der Waals surface area contributed by atoms with Crippen LogP contribution in [-0.4, -0.2) is 24.6 Å². The summed E-state index contributed by atoms with van der Waals surface area (Å²) < 4.78 is 85.6. The molecule has 1 aliphatic rings.